The van der Waals surface area contributed by atoms with E-state index in [-0.39, 0.29) is 11.5 Å². The predicted molar refractivity (Wildman–Crippen MR) is 131 cm³/mol. The number of likely N-dealkylation sites (tertiary alicyclic amines) is 2. The van der Waals surface area contributed by atoms with Crippen LogP contribution < -0.4 is 4.74 Å². The van der Waals surface area contributed by atoms with E-state index in [1.54, 1.807) is 29.2 Å². The molecular weight excluding hydrogens is 493 g/mol. The van der Waals surface area contributed by atoms with Crippen molar-refractivity contribution in [2.24, 2.45) is 5.41 Å². The molecule has 36 heavy (non-hydrogen) atoms. The minimum atomic E-state index is -4.51. The number of rotatable bonds is 6. The lowest BCUT2D eigenvalue weighted by Crippen LogP contribution is -2.48. The number of amides is 2. The second kappa shape index (κ2) is 11.1. The Bertz CT molecular complexity index is 1080. The SMILES string of the molecule is O=C(CC1(COc2cccc(Cl)c2)CCN(C(=O)c2cccc(C(F)(F)F)c2)CC1)N1CCCCC1. The fraction of sp³-hybridized carbons (Fsp3) is 0.481. The van der Waals surface area contributed by atoms with Gasteiger partial charge in [0.1, 0.15) is 5.75 Å². The van der Waals surface area contributed by atoms with Crippen LogP contribution in [0.2, 0.25) is 5.02 Å². The van der Waals surface area contributed by atoms with Gasteiger partial charge < -0.3 is 14.5 Å². The Morgan fingerprint density at radius 2 is 1.61 bits per heavy atom. The molecule has 9 heteroatoms. The molecule has 2 aliphatic heterocycles. The molecular formula is C27H30ClF3N2O3. The summed E-state index contributed by atoms with van der Waals surface area (Å²) < 4.78 is 45.4. The number of piperidine rings is 2. The van der Waals surface area contributed by atoms with Crippen LogP contribution >= 0.6 is 11.6 Å². The van der Waals surface area contributed by atoms with E-state index in [4.69, 9.17) is 16.3 Å². The average Bonchev–Trinajstić information content (AvgIpc) is 2.88. The number of hydrogen-bond acceptors (Lipinski definition) is 3. The van der Waals surface area contributed by atoms with E-state index in [9.17, 15) is 22.8 Å². The maximum atomic E-state index is 13.2. The number of benzene rings is 2. The van der Waals surface area contributed by atoms with Crippen LogP contribution in [-0.2, 0) is 11.0 Å². The molecule has 0 aliphatic carbocycles. The van der Waals surface area contributed by atoms with Crippen molar-refractivity contribution >= 4 is 23.4 Å². The molecule has 0 atom stereocenters. The second-order valence-electron chi connectivity index (χ2n) is 9.74. The molecule has 0 spiro atoms. The minimum Gasteiger partial charge on any atom is -0.493 e. The highest BCUT2D eigenvalue weighted by Crippen LogP contribution is 2.38. The first-order valence-electron chi connectivity index (χ1n) is 12.3. The average molecular weight is 523 g/mol. The van der Waals surface area contributed by atoms with Gasteiger partial charge in [0.15, 0.2) is 0 Å². The molecule has 0 N–H and O–H groups in total. The number of carbonyl (C=O) groups excluding carboxylic acids is 2. The van der Waals surface area contributed by atoms with Crippen molar-refractivity contribution in [2.75, 3.05) is 32.8 Å². The zero-order valence-electron chi connectivity index (χ0n) is 20.0. The fourth-order valence-corrected chi connectivity index (χ4v) is 5.12. The van der Waals surface area contributed by atoms with Gasteiger partial charge in [-0.3, -0.25) is 9.59 Å². The Morgan fingerprint density at radius 3 is 2.28 bits per heavy atom. The Balaban J connectivity index is 1.46. The summed E-state index contributed by atoms with van der Waals surface area (Å²) in [6.45, 7) is 2.47. The van der Waals surface area contributed by atoms with Crippen LogP contribution in [0.4, 0.5) is 13.2 Å². The van der Waals surface area contributed by atoms with Crippen LogP contribution in [0.15, 0.2) is 48.5 Å². The van der Waals surface area contributed by atoms with E-state index < -0.39 is 23.1 Å². The van der Waals surface area contributed by atoms with Crippen molar-refractivity contribution in [3.8, 4) is 5.75 Å². The lowest BCUT2D eigenvalue weighted by Gasteiger charge is -2.42. The molecule has 2 heterocycles. The molecule has 2 saturated heterocycles. The Hall–Kier alpha value is -2.74. The molecule has 194 valence electrons. The number of carbonyl (C=O) groups is 2. The van der Waals surface area contributed by atoms with Gasteiger partial charge in [-0.15, -0.1) is 0 Å². The smallest absolute Gasteiger partial charge is 0.416 e. The maximum Gasteiger partial charge on any atom is 0.416 e. The first-order chi connectivity index (χ1) is 17.2. The summed E-state index contributed by atoms with van der Waals surface area (Å²) in [4.78, 5) is 29.7. The number of alkyl halides is 3. The highest BCUT2D eigenvalue weighted by atomic mass is 35.5. The third-order valence-corrected chi connectivity index (χ3v) is 7.36. The van der Waals surface area contributed by atoms with E-state index in [0.29, 0.717) is 49.7 Å². The summed E-state index contributed by atoms with van der Waals surface area (Å²) >= 11 is 6.08. The van der Waals surface area contributed by atoms with Gasteiger partial charge in [-0.1, -0.05) is 23.7 Å². The molecule has 0 radical (unpaired) electrons. The molecule has 0 bridgehead atoms. The molecule has 0 unspecified atom stereocenters. The molecule has 2 aromatic rings. The van der Waals surface area contributed by atoms with Crippen LogP contribution in [0, 0.1) is 5.41 Å². The van der Waals surface area contributed by atoms with E-state index in [0.717, 1.165) is 44.5 Å². The van der Waals surface area contributed by atoms with Gasteiger partial charge in [0, 0.05) is 48.6 Å². The van der Waals surface area contributed by atoms with Crippen molar-refractivity contribution in [2.45, 2.75) is 44.7 Å². The van der Waals surface area contributed by atoms with Gasteiger partial charge in [0.05, 0.1) is 12.2 Å². The predicted octanol–water partition coefficient (Wildman–Crippen LogP) is 6.06. The largest absolute Gasteiger partial charge is 0.493 e. The lowest BCUT2D eigenvalue weighted by atomic mass is 9.75. The van der Waals surface area contributed by atoms with Crippen LogP contribution in [0.1, 0.15) is 54.4 Å². The lowest BCUT2D eigenvalue weighted by molar-refractivity contribution is -0.137. The summed E-state index contributed by atoms with van der Waals surface area (Å²) in [5, 5.41) is 0.549. The van der Waals surface area contributed by atoms with Gasteiger partial charge in [0.2, 0.25) is 5.91 Å². The zero-order chi connectivity index (χ0) is 25.8. The molecule has 5 nitrogen and oxygen atoms in total. The zero-order valence-corrected chi connectivity index (χ0v) is 20.8. The van der Waals surface area contributed by atoms with E-state index in [1.165, 1.54) is 12.1 Å². The van der Waals surface area contributed by atoms with Crippen molar-refractivity contribution in [3.05, 3.63) is 64.7 Å². The number of ether oxygens (including phenoxy) is 1. The highest BCUT2D eigenvalue weighted by Gasteiger charge is 2.40. The van der Waals surface area contributed by atoms with E-state index in [1.807, 2.05) is 4.90 Å². The van der Waals surface area contributed by atoms with Crippen LogP contribution in [-0.4, -0.2) is 54.4 Å². The second-order valence-corrected chi connectivity index (χ2v) is 10.2. The molecule has 2 fully saturated rings. The van der Waals surface area contributed by atoms with Crippen LogP contribution in [0.25, 0.3) is 0 Å². The number of hydrogen-bond donors (Lipinski definition) is 0. The molecule has 0 aromatic heterocycles. The number of nitrogens with zero attached hydrogens (tertiary/aromatic N) is 2. The van der Waals surface area contributed by atoms with E-state index >= 15 is 0 Å². The maximum absolute atomic E-state index is 13.2. The number of halogens is 4. The van der Waals surface area contributed by atoms with Gasteiger partial charge in [0.25, 0.3) is 5.91 Å². The third-order valence-electron chi connectivity index (χ3n) is 7.12. The topological polar surface area (TPSA) is 49.9 Å². The summed E-state index contributed by atoms with van der Waals surface area (Å²) in [5.41, 5.74) is -1.32. The first-order valence-corrected chi connectivity index (χ1v) is 12.7. The molecule has 4 rings (SSSR count). The van der Waals surface area contributed by atoms with Crippen LogP contribution in [0.3, 0.4) is 0 Å². The summed E-state index contributed by atoms with van der Waals surface area (Å²) in [6, 6.07) is 11.6. The monoisotopic (exact) mass is 522 g/mol. The fourth-order valence-electron chi connectivity index (χ4n) is 4.94. The Kier molecular flexibility index (Phi) is 8.13. The molecule has 2 amide bonds. The van der Waals surface area contributed by atoms with Crippen LogP contribution in [0.5, 0.6) is 5.75 Å². The summed E-state index contributed by atoms with van der Waals surface area (Å²) in [7, 11) is 0. The molecule has 2 aromatic carbocycles. The first kappa shape index (κ1) is 26.3. The summed E-state index contributed by atoms with van der Waals surface area (Å²) in [6.07, 6.45) is -0.0673. The van der Waals surface area contributed by atoms with Crippen molar-refractivity contribution in [3.63, 3.8) is 0 Å². The summed E-state index contributed by atoms with van der Waals surface area (Å²) in [5.74, 6) is 0.254. The van der Waals surface area contributed by atoms with Gasteiger partial charge >= 0.3 is 6.18 Å². The standard InChI is InChI=1S/C27H30ClF3N2O3/c28-22-8-5-9-23(17-22)36-19-26(18-24(34)32-12-2-1-3-13-32)10-14-33(15-11-26)25(35)20-6-4-7-21(16-20)27(29,30)31/h4-9,16-17H,1-3,10-15,18-19H2. The minimum absolute atomic E-state index is 0.0110. The highest BCUT2D eigenvalue weighted by molar-refractivity contribution is 6.30. The molecule has 0 saturated carbocycles. The van der Waals surface area contributed by atoms with Gasteiger partial charge in [-0.2, -0.15) is 13.2 Å². The third kappa shape index (κ3) is 6.52. The van der Waals surface area contributed by atoms with E-state index in [2.05, 4.69) is 0 Å². The van der Waals surface area contributed by atoms with Gasteiger partial charge in [-0.25, -0.2) is 0 Å². The van der Waals surface area contributed by atoms with Crippen molar-refractivity contribution in [1.82, 2.24) is 9.80 Å². The Labute approximate surface area is 214 Å². The quantitative estimate of drug-likeness (QED) is 0.463. The Morgan fingerprint density at radius 1 is 0.917 bits per heavy atom. The normalized spacial score (nSPS) is 18.1. The van der Waals surface area contributed by atoms with Crippen molar-refractivity contribution < 1.29 is 27.5 Å². The van der Waals surface area contributed by atoms with Gasteiger partial charge in [-0.05, 0) is 68.5 Å². The van der Waals surface area contributed by atoms with Crippen molar-refractivity contribution in [1.29, 1.82) is 0 Å². The molecule has 2 aliphatic rings.